The SMILES string of the molecule is C[C@@]1(CO)C[C@@H](n2ccc(=O)[nH]c2=O)O[C@@H]1CO. The fraction of sp³-hybridized carbons (Fsp3) is 0.636. The van der Waals surface area contributed by atoms with Gasteiger partial charge in [0.2, 0.25) is 0 Å². The molecular formula is C11H16N2O5. The third kappa shape index (κ3) is 2.12. The summed E-state index contributed by atoms with van der Waals surface area (Å²) in [6.45, 7) is 1.41. The molecule has 7 heteroatoms. The molecule has 7 nitrogen and oxygen atoms in total. The first-order valence-corrected chi connectivity index (χ1v) is 5.69. The number of H-pyrrole nitrogens is 1. The number of ether oxygens (including phenoxy) is 1. The molecule has 1 aliphatic rings. The summed E-state index contributed by atoms with van der Waals surface area (Å²) in [5, 5.41) is 18.6. The Hall–Kier alpha value is -1.44. The van der Waals surface area contributed by atoms with Crippen LogP contribution in [0.25, 0.3) is 0 Å². The van der Waals surface area contributed by atoms with Gasteiger partial charge >= 0.3 is 5.69 Å². The standard InChI is InChI=1S/C11H16N2O5/c1-11(6-15)4-9(18-7(11)5-14)13-3-2-8(16)12-10(13)17/h2-3,7,9,14-15H,4-6H2,1H3,(H,12,16,17)/t7-,9+,11+/m1/s1. The Morgan fingerprint density at radius 1 is 1.56 bits per heavy atom. The Bertz CT molecular complexity index is 537. The van der Waals surface area contributed by atoms with Crippen LogP contribution in [0.15, 0.2) is 21.9 Å². The summed E-state index contributed by atoms with van der Waals surface area (Å²) in [5.74, 6) is 0. The van der Waals surface area contributed by atoms with E-state index in [1.54, 1.807) is 6.92 Å². The van der Waals surface area contributed by atoms with Crippen LogP contribution in [0.3, 0.4) is 0 Å². The molecule has 1 saturated heterocycles. The van der Waals surface area contributed by atoms with Crippen LogP contribution in [-0.2, 0) is 4.74 Å². The van der Waals surface area contributed by atoms with E-state index in [1.165, 1.54) is 16.8 Å². The highest BCUT2D eigenvalue weighted by Gasteiger charge is 2.45. The van der Waals surface area contributed by atoms with Crippen molar-refractivity contribution < 1.29 is 14.9 Å². The van der Waals surface area contributed by atoms with E-state index >= 15 is 0 Å². The van der Waals surface area contributed by atoms with Crippen LogP contribution in [0.1, 0.15) is 19.6 Å². The molecule has 0 aromatic carbocycles. The molecule has 18 heavy (non-hydrogen) atoms. The number of nitrogens with zero attached hydrogens (tertiary/aromatic N) is 1. The Morgan fingerprint density at radius 3 is 2.78 bits per heavy atom. The van der Waals surface area contributed by atoms with Gasteiger partial charge in [0.15, 0.2) is 0 Å². The molecule has 0 spiro atoms. The molecule has 1 aliphatic heterocycles. The number of aliphatic hydroxyl groups is 2. The van der Waals surface area contributed by atoms with E-state index in [9.17, 15) is 19.8 Å². The van der Waals surface area contributed by atoms with Gasteiger partial charge in [-0.05, 0) is 0 Å². The van der Waals surface area contributed by atoms with Crippen molar-refractivity contribution in [2.45, 2.75) is 25.7 Å². The molecule has 1 aromatic rings. The minimum absolute atomic E-state index is 0.146. The molecule has 3 N–H and O–H groups in total. The monoisotopic (exact) mass is 256 g/mol. The Kier molecular flexibility index (Phi) is 3.38. The van der Waals surface area contributed by atoms with E-state index in [-0.39, 0.29) is 13.2 Å². The highest BCUT2D eigenvalue weighted by atomic mass is 16.5. The van der Waals surface area contributed by atoms with Crippen LogP contribution >= 0.6 is 0 Å². The van der Waals surface area contributed by atoms with E-state index in [0.717, 1.165) is 0 Å². The van der Waals surface area contributed by atoms with E-state index < -0.39 is 29.0 Å². The van der Waals surface area contributed by atoms with Crippen molar-refractivity contribution in [2.24, 2.45) is 5.41 Å². The summed E-state index contributed by atoms with van der Waals surface area (Å²) in [5.41, 5.74) is -1.64. The summed E-state index contributed by atoms with van der Waals surface area (Å²) in [6.07, 6.45) is 0.610. The number of hydrogen-bond donors (Lipinski definition) is 3. The molecule has 0 bridgehead atoms. The molecule has 3 atom stereocenters. The predicted molar refractivity (Wildman–Crippen MR) is 62.1 cm³/mol. The van der Waals surface area contributed by atoms with Crippen molar-refractivity contribution in [3.63, 3.8) is 0 Å². The average Bonchev–Trinajstić information content (AvgIpc) is 2.67. The molecule has 0 saturated carbocycles. The normalized spacial score (nSPS) is 31.7. The summed E-state index contributed by atoms with van der Waals surface area (Å²) >= 11 is 0. The van der Waals surface area contributed by atoms with Crippen LogP contribution in [0.4, 0.5) is 0 Å². The lowest BCUT2D eigenvalue weighted by Crippen LogP contribution is -2.34. The second-order valence-corrected chi connectivity index (χ2v) is 4.80. The Labute approximate surface area is 103 Å². The topological polar surface area (TPSA) is 105 Å². The largest absolute Gasteiger partial charge is 0.396 e. The van der Waals surface area contributed by atoms with E-state index in [2.05, 4.69) is 4.98 Å². The summed E-state index contributed by atoms with van der Waals surface area (Å²) in [4.78, 5) is 24.7. The maximum atomic E-state index is 11.6. The Balaban J connectivity index is 2.32. The molecular weight excluding hydrogens is 240 g/mol. The van der Waals surface area contributed by atoms with Gasteiger partial charge < -0.3 is 14.9 Å². The van der Waals surface area contributed by atoms with Gasteiger partial charge in [0.05, 0.1) is 19.3 Å². The Morgan fingerprint density at radius 2 is 2.28 bits per heavy atom. The highest BCUT2D eigenvalue weighted by Crippen LogP contribution is 2.41. The van der Waals surface area contributed by atoms with Gasteiger partial charge in [0.1, 0.15) is 6.23 Å². The first-order valence-electron chi connectivity index (χ1n) is 5.69. The average molecular weight is 256 g/mol. The number of hydrogen-bond acceptors (Lipinski definition) is 5. The molecule has 1 aromatic heterocycles. The predicted octanol–water partition coefficient (Wildman–Crippen LogP) is -1.18. The van der Waals surface area contributed by atoms with Crippen LogP contribution in [0, 0.1) is 5.41 Å². The summed E-state index contributed by atoms with van der Waals surface area (Å²) in [6, 6.07) is 1.23. The first-order chi connectivity index (χ1) is 8.50. The van der Waals surface area contributed by atoms with Crippen LogP contribution in [0.2, 0.25) is 0 Å². The zero-order valence-electron chi connectivity index (χ0n) is 10.00. The van der Waals surface area contributed by atoms with Gasteiger partial charge in [-0.15, -0.1) is 0 Å². The van der Waals surface area contributed by atoms with Gasteiger partial charge in [0, 0.05) is 24.1 Å². The smallest absolute Gasteiger partial charge is 0.330 e. The second kappa shape index (κ2) is 4.68. The van der Waals surface area contributed by atoms with Crippen molar-refractivity contribution >= 4 is 0 Å². The number of aromatic nitrogens is 2. The minimum atomic E-state index is -0.602. The number of rotatable bonds is 3. The van der Waals surface area contributed by atoms with E-state index in [4.69, 9.17) is 4.74 Å². The molecule has 1 fully saturated rings. The zero-order chi connectivity index (χ0) is 13.3. The highest BCUT2D eigenvalue weighted by molar-refractivity contribution is 4.93. The molecule has 2 rings (SSSR count). The van der Waals surface area contributed by atoms with Gasteiger partial charge in [-0.25, -0.2) is 4.79 Å². The number of nitrogens with one attached hydrogen (secondary N) is 1. The summed E-state index contributed by atoms with van der Waals surface area (Å²) < 4.78 is 6.81. The molecule has 0 amide bonds. The lowest BCUT2D eigenvalue weighted by Gasteiger charge is -2.25. The fourth-order valence-corrected chi connectivity index (χ4v) is 2.18. The van der Waals surface area contributed by atoms with Crippen molar-refractivity contribution in [3.8, 4) is 0 Å². The maximum Gasteiger partial charge on any atom is 0.330 e. The molecule has 100 valence electrons. The summed E-state index contributed by atoms with van der Waals surface area (Å²) in [7, 11) is 0. The molecule has 0 radical (unpaired) electrons. The number of aliphatic hydroxyl groups excluding tert-OH is 2. The van der Waals surface area contributed by atoms with Gasteiger partial charge in [-0.3, -0.25) is 14.3 Å². The molecule has 2 heterocycles. The minimum Gasteiger partial charge on any atom is -0.396 e. The van der Waals surface area contributed by atoms with Crippen molar-refractivity contribution in [1.29, 1.82) is 0 Å². The van der Waals surface area contributed by atoms with Crippen molar-refractivity contribution in [3.05, 3.63) is 33.1 Å². The second-order valence-electron chi connectivity index (χ2n) is 4.80. The fourth-order valence-electron chi connectivity index (χ4n) is 2.18. The molecule has 0 unspecified atom stereocenters. The van der Waals surface area contributed by atoms with Crippen LogP contribution < -0.4 is 11.2 Å². The lowest BCUT2D eigenvalue weighted by molar-refractivity contribution is -0.0541. The van der Waals surface area contributed by atoms with Crippen molar-refractivity contribution in [2.75, 3.05) is 13.2 Å². The molecule has 0 aliphatic carbocycles. The van der Waals surface area contributed by atoms with Gasteiger partial charge in [-0.1, -0.05) is 6.92 Å². The van der Waals surface area contributed by atoms with Gasteiger partial charge in [-0.2, -0.15) is 0 Å². The quantitative estimate of drug-likeness (QED) is 0.631. The van der Waals surface area contributed by atoms with E-state index in [1.807, 2.05) is 0 Å². The van der Waals surface area contributed by atoms with Crippen LogP contribution in [0.5, 0.6) is 0 Å². The maximum absolute atomic E-state index is 11.6. The lowest BCUT2D eigenvalue weighted by atomic mass is 9.84. The number of aromatic amines is 1. The van der Waals surface area contributed by atoms with Crippen LogP contribution in [-0.4, -0.2) is 39.1 Å². The van der Waals surface area contributed by atoms with Gasteiger partial charge in [0.25, 0.3) is 5.56 Å². The third-order valence-corrected chi connectivity index (χ3v) is 3.43. The van der Waals surface area contributed by atoms with E-state index in [0.29, 0.717) is 6.42 Å². The zero-order valence-corrected chi connectivity index (χ0v) is 10.00. The first kappa shape index (κ1) is 13.0. The third-order valence-electron chi connectivity index (χ3n) is 3.43. The van der Waals surface area contributed by atoms with Crippen molar-refractivity contribution in [1.82, 2.24) is 9.55 Å².